The van der Waals surface area contributed by atoms with Gasteiger partial charge in [0, 0.05) is 0 Å². The molecule has 5 nitrogen and oxygen atoms in total. The summed E-state index contributed by atoms with van der Waals surface area (Å²) in [5.74, 6) is 0.791. The summed E-state index contributed by atoms with van der Waals surface area (Å²) in [4.78, 5) is 0. The highest BCUT2D eigenvalue weighted by Crippen LogP contribution is 2.15. The standard InChI is InChI=1S/C13H14N4O/c1-2-3-8-18-13-6-4-11(5-7-13)16-17-12(9-14)10-15/h4-7,16H,2-3,8H2,1H3. The Hall–Kier alpha value is -2.53. The minimum Gasteiger partial charge on any atom is -0.494 e. The molecule has 0 amide bonds. The van der Waals surface area contributed by atoms with E-state index in [-0.39, 0.29) is 5.71 Å². The van der Waals surface area contributed by atoms with Crippen LogP contribution in [0.1, 0.15) is 19.8 Å². The SMILES string of the molecule is CCCCOc1ccc(NN=C(C#N)C#N)cc1. The Morgan fingerprint density at radius 3 is 2.50 bits per heavy atom. The molecule has 0 aliphatic carbocycles. The first-order valence-corrected chi connectivity index (χ1v) is 5.67. The van der Waals surface area contributed by atoms with Crippen LogP contribution in [-0.4, -0.2) is 12.3 Å². The number of hydrogen-bond acceptors (Lipinski definition) is 5. The number of rotatable bonds is 6. The Bertz CT molecular complexity index is 463. The normalized spacial score (nSPS) is 8.83. The zero-order valence-electron chi connectivity index (χ0n) is 10.2. The molecule has 1 aromatic carbocycles. The number of unbranched alkanes of at least 4 members (excludes halogenated alkanes) is 1. The minimum atomic E-state index is -0.210. The first-order valence-electron chi connectivity index (χ1n) is 5.67. The average Bonchev–Trinajstić information content (AvgIpc) is 2.42. The van der Waals surface area contributed by atoms with Gasteiger partial charge in [-0.15, -0.1) is 0 Å². The average molecular weight is 242 g/mol. The van der Waals surface area contributed by atoms with Crippen molar-refractivity contribution in [3.63, 3.8) is 0 Å². The molecule has 0 aliphatic rings. The van der Waals surface area contributed by atoms with Crippen LogP contribution in [0.25, 0.3) is 0 Å². The number of benzene rings is 1. The number of nitriles is 2. The summed E-state index contributed by atoms with van der Waals surface area (Å²) in [5.41, 5.74) is 3.11. The van der Waals surface area contributed by atoms with E-state index in [0.717, 1.165) is 18.6 Å². The Morgan fingerprint density at radius 2 is 1.94 bits per heavy atom. The van der Waals surface area contributed by atoms with Gasteiger partial charge in [0.15, 0.2) is 0 Å². The Labute approximate surface area is 106 Å². The second kappa shape index (κ2) is 7.70. The molecule has 1 aromatic rings. The predicted molar refractivity (Wildman–Crippen MR) is 69.1 cm³/mol. The van der Waals surface area contributed by atoms with Gasteiger partial charge in [-0.3, -0.25) is 5.43 Å². The number of nitrogens with one attached hydrogen (secondary N) is 1. The first kappa shape index (κ1) is 13.5. The highest BCUT2D eigenvalue weighted by molar-refractivity contribution is 6.10. The fourth-order valence-electron chi connectivity index (χ4n) is 1.16. The fourth-order valence-corrected chi connectivity index (χ4v) is 1.16. The van der Waals surface area contributed by atoms with Crippen LogP contribution in [0.2, 0.25) is 0 Å². The van der Waals surface area contributed by atoms with Gasteiger partial charge in [0.25, 0.3) is 0 Å². The second-order valence-electron chi connectivity index (χ2n) is 3.52. The van der Waals surface area contributed by atoms with Gasteiger partial charge in [-0.2, -0.15) is 15.6 Å². The van der Waals surface area contributed by atoms with Crippen LogP contribution in [0.3, 0.4) is 0 Å². The summed E-state index contributed by atoms with van der Waals surface area (Å²) in [6, 6.07) is 10.5. The van der Waals surface area contributed by atoms with Gasteiger partial charge in [0.2, 0.25) is 5.71 Å². The number of nitrogens with zero attached hydrogens (tertiary/aromatic N) is 3. The number of hydrogen-bond donors (Lipinski definition) is 1. The first-order chi connectivity index (χ1) is 8.80. The Kier molecular flexibility index (Phi) is 5.79. The number of anilines is 1. The zero-order chi connectivity index (χ0) is 13.2. The van der Waals surface area contributed by atoms with E-state index in [9.17, 15) is 0 Å². The molecule has 1 N–H and O–H groups in total. The molecular weight excluding hydrogens is 228 g/mol. The van der Waals surface area contributed by atoms with Crippen LogP contribution < -0.4 is 10.2 Å². The van der Waals surface area contributed by atoms with Crippen LogP contribution in [0.4, 0.5) is 5.69 Å². The molecule has 0 fully saturated rings. The smallest absolute Gasteiger partial charge is 0.237 e. The van der Waals surface area contributed by atoms with Gasteiger partial charge >= 0.3 is 0 Å². The van der Waals surface area contributed by atoms with Crippen LogP contribution >= 0.6 is 0 Å². The van der Waals surface area contributed by atoms with E-state index >= 15 is 0 Å². The van der Waals surface area contributed by atoms with Crippen LogP contribution in [0, 0.1) is 22.7 Å². The second-order valence-corrected chi connectivity index (χ2v) is 3.52. The molecule has 0 saturated heterocycles. The Balaban J connectivity index is 2.53. The highest BCUT2D eigenvalue weighted by Gasteiger charge is 1.96. The maximum absolute atomic E-state index is 8.51. The molecule has 0 spiro atoms. The molecule has 0 atom stereocenters. The molecule has 0 bridgehead atoms. The topological polar surface area (TPSA) is 81.2 Å². The maximum Gasteiger partial charge on any atom is 0.237 e. The predicted octanol–water partition coefficient (Wildman–Crippen LogP) is 2.68. The summed E-state index contributed by atoms with van der Waals surface area (Å²) in [6.45, 7) is 2.81. The molecule has 18 heavy (non-hydrogen) atoms. The highest BCUT2D eigenvalue weighted by atomic mass is 16.5. The van der Waals surface area contributed by atoms with E-state index in [2.05, 4.69) is 17.5 Å². The van der Waals surface area contributed by atoms with Gasteiger partial charge < -0.3 is 4.74 Å². The molecule has 0 unspecified atom stereocenters. The Morgan fingerprint density at radius 1 is 1.28 bits per heavy atom. The lowest BCUT2D eigenvalue weighted by Gasteiger charge is -2.06. The molecule has 0 heterocycles. The van der Waals surface area contributed by atoms with Crippen LogP contribution in [0.15, 0.2) is 29.4 Å². The van der Waals surface area contributed by atoms with Gasteiger partial charge in [0.05, 0.1) is 12.3 Å². The summed E-state index contributed by atoms with van der Waals surface area (Å²) in [7, 11) is 0. The molecule has 92 valence electrons. The minimum absolute atomic E-state index is 0.210. The molecule has 5 heteroatoms. The van der Waals surface area contributed by atoms with E-state index in [1.54, 1.807) is 24.3 Å². The van der Waals surface area contributed by atoms with Gasteiger partial charge in [-0.1, -0.05) is 13.3 Å². The van der Waals surface area contributed by atoms with Crippen molar-refractivity contribution in [1.29, 1.82) is 10.5 Å². The number of hydrazone groups is 1. The lowest BCUT2D eigenvalue weighted by atomic mass is 10.3. The zero-order valence-corrected chi connectivity index (χ0v) is 10.2. The third-order valence-corrected chi connectivity index (χ3v) is 2.13. The van der Waals surface area contributed by atoms with Crippen molar-refractivity contribution >= 4 is 11.4 Å². The summed E-state index contributed by atoms with van der Waals surface area (Å²) >= 11 is 0. The van der Waals surface area contributed by atoms with E-state index in [0.29, 0.717) is 12.3 Å². The maximum atomic E-state index is 8.51. The monoisotopic (exact) mass is 242 g/mol. The van der Waals surface area contributed by atoms with Crippen molar-refractivity contribution in [3.8, 4) is 17.9 Å². The molecule has 0 saturated carbocycles. The third kappa shape index (κ3) is 4.54. The van der Waals surface area contributed by atoms with Crippen molar-refractivity contribution in [2.75, 3.05) is 12.0 Å². The quantitative estimate of drug-likeness (QED) is 0.472. The lowest BCUT2D eigenvalue weighted by Crippen LogP contribution is -1.98. The summed E-state index contributed by atoms with van der Waals surface area (Å²) in [5, 5.41) is 20.7. The number of ether oxygens (including phenoxy) is 1. The van der Waals surface area contributed by atoms with Crippen molar-refractivity contribution in [3.05, 3.63) is 24.3 Å². The molecule has 0 aromatic heterocycles. The van der Waals surface area contributed by atoms with E-state index < -0.39 is 0 Å². The molecular formula is C13H14N4O. The lowest BCUT2D eigenvalue weighted by molar-refractivity contribution is 0.309. The van der Waals surface area contributed by atoms with E-state index in [1.807, 2.05) is 12.1 Å². The van der Waals surface area contributed by atoms with Crippen molar-refractivity contribution in [2.24, 2.45) is 5.10 Å². The fraction of sp³-hybridized carbons (Fsp3) is 0.308. The third-order valence-electron chi connectivity index (χ3n) is 2.13. The molecule has 0 aliphatic heterocycles. The van der Waals surface area contributed by atoms with Crippen molar-refractivity contribution in [1.82, 2.24) is 0 Å². The van der Waals surface area contributed by atoms with E-state index in [4.69, 9.17) is 15.3 Å². The van der Waals surface area contributed by atoms with Crippen LogP contribution in [0.5, 0.6) is 5.75 Å². The van der Waals surface area contributed by atoms with Crippen molar-refractivity contribution in [2.45, 2.75) is 19.8 Å². The largest absolute Gasteiger partial charge is 0.494 e. The van der Waals surface area contributed by atoms with E-state index in [1.165, 1.54) is 0 Å². The van der Waals surface area contributed by atoms with Crippen molar-refractivity contribution < 1.29 is 4.74 Å². The van der Waals surface area contributed by atoms with Crippen LogP contribution in [-0.2, 0) is 0 Å². The van der Waals surface area contributed by atoms with Gasteiger partial charge in [-0.25, -0.2) is 0 Å². The van der Waals surface area contributed by atoms with Gasteiger partial charge in [0.1, 0.15) is 17.9 Å². The summed E-state index contributed by atoms with van der Waals surface area (Å²) < 4.78 is 5.50. The van der Waals surface area contributed by atoms with Gasteiger partial charge in [-0.05, 0) is 30.7 Å². The molecule has 1 rings (SSSR count). The molecule has 0 radical (unpaired) electrons. The summed E-state index contributed by atoms with van der Waals surface area (Å²) in [6.07, 6.45) is 2.12.